The van der Waals surface area contributed by atoms with E-state index < -0.39 is 22.0 Å². The third-order valence-corrected chi connectivity index (χ3v) is 5.50. The Labute approximate surface area is 169 Å². The average molecular weight is 414 g/mol. The molecule has 1 N–H and O–H groups in total. The fourth-order valence-corrected chi connectivity index (χ4v) is 4.10. The summed E-state index contributed by atoms with van der Waals surface area (Å²) < 4.78 is 30.8. The van der Waals surface area contributed by atoms with Crippen LogP contribution in [0.4, 0.5) is 5.69 Å². The van der Waals surface area contributed by atoms with Gasteiger partial charge >= 0.3 is 0 Å². The number of aromatic nitrogens is 2. The molecule has 0 saturated carbocycles. The van der Waals surface area contributed by atoms with Crippen LogP contribution in [0.25, 0.3) is 11.4 Å². The van der Waals surface area contributed by atoms with Crippen molar-refractivity contribution in [2.75, 3.05) is 10.6 Å². The van der Waals surface area contributed by atoms with Crippen molar-refractivity contribution in [3.05, 3.63) is 66.1 Å². The second-order valence-corrected chi connectivity index (χ2v) is 8.53. The Kier molecular flexibility index (Phi) is 5.97. The molecule has 1 aromatic heterocycles. The Hall–Kier alpha value is -3.20. The van der Waals surface area contributed by atoms with Crippen LogP contribution < -0.4 is 9.62 Å². The molecule has 0 aliphatic rings. The van der Waals surface area contributed by atoms with Crippen LogP contribution in [-0.4, -0.2) is 36.8 Å². The van der Waals surface area contributed by atoms with Crippen LogP contribution in [0, 0.1) is 6.92 Å². The van der Waals surface area contributed by atoms with Crippen LogP contribution in [0.5, 0.6) is 0 Å². The second kappa shape index (κ2) is 8.44. The Balaban J connectivity index is 1.70. The molecule has 3 aromatic rings. The molecule has 1 heterocycles. The van der Waals surface area contributed by atoms with Gasteiger partial charge < -0.3 is 9.84 Å². The maximum absolute atomic E-state index is 12.6. The Morgan fingerprint density at radius 2 is 1.90 bits per heavy atom. The number of carbonyl (C=O) groups excluding carboxylic acids is 1. The summed E-state index contributed by atoms with van der Waals surface area (Å²) in [6.07, 6.45) is 1.07. The molecule has 152 valence electrons. The minimum absolute atomic E-state index is 0.00557. The van der Waals surface area contributed by atoms with Crippen molar-refractivity contribution < 1.29 is 17.7 Å². The Morgan fingerprint density at radius 3 is 2.55 bits per heavy atom. The van der Waals surface area contributed by atoms with Gasteiger partial charge in [0.1, 0.15) is 6.04 Å². The molecule has 0 aliphatic heterocycles. The zero-order chi connectivity index (χ0) is 21.0. The van der Waals surface area contributed by atoms with Crippen LogP contribution in [0.1, 0.15) is 18.4 Å². The number of aryl methyl sites for hydroxylation is 1. The molecular weight excluding hydrogens is 392 g/mol. The van der Waals surface area contributed by atoms with Crippen LogP contribution >= 0.6 is 0 Å². The molecule has 1 unspecified atom stereocenters. The summed E-state index contributed by atoms with van der Waals surface area (Å²) in [5.41, 5.74) is 2.29. The molecule has 1 atom stereocenters. The first-order valence-corrected chi connectivity index (χ1v) is 10.8. The van der Waals surface area contributed by atoms with Gasteiger partial charge in [0.15, 0.2) is 0 Å². The van der Waals surface area contributed by atoms with Gasteiger partial charge in [0, 0.05) is 5.56 Å². The van der Waals surface area contributed by atoms with E-state index in [2.05, 4.69) is 15.5 Å². The van der Waals surface area contributed by atoms with Gasteiger partial charge in [-0.3, -0.25) is 9.10 Å². The molecule has 0 spiro atoms. The van der Waals surface area contributed by atoms with Gasteiger partial charge in [-0.15, -0.1) is 0 Å². The molecule has 0 fully saturated rings. The van der Waals surface area contributed by atoms with E-state index in [1.165, 1.54) is 6.92 Å². The molecule has 0 aliphatic carbocycles. The van der Waals surface area contributed by atoms with Crippen molar-refractivity contribution in [1.29, 1.82) is 0 Å². The highest BCUT2D eigenvalue weighted by molar-refractivity contribution is 7.92. The first-order valence-electron chi connectivity index (χ1n) is 8.97. The van der Waals surface area contributed by atoms with Gasteiger partial charge in [-0.05, 0) is 32.0 Å². The largest absolute Gasteiger partial charge is 0.345 e. The zero-order valence-corrected chi connectivity index (χ0v) is 17.2. The summed E-state index contributed by atoms with van der Waals surface area (Å²) in [7, 11) is -3.66. The van der Waals surface area contributed by atoms with E-state index in [1.807, 2.05) is 31.2 Å². The number of rotatable bonds is 7. The molecule has 29 heavy (non-hydrogen) atoms. The number of hydrogen-bond acceptors (Lipinski definition) is 6. The van der Waals surface area contributed by atoms with Crippen molar-refractivity contribution in [2.24, 2.45) is 0 Å². The minimum atomic E-state index is -3.66. The smallest absolute Gasteiger partial charge is 0.246 e. The molecule has 2 aromatic carbocycles. The van der Waals surface area contributed by atoms with Crippen LogP contribution in [0.3, 0.4) is 0 Å². The summed E-state index contributed by atoms with van der Waals surface area (Å²) in [6, 6.07) is 15.2. The lowest BCUT2D eigenvalue weighted by molar-refractivity contribution is -0.122. The number of amides is 1. The predicted molar refractivity (Wildman–Crippen MR) is 110 cm³/mol. The van der Waals surface area contributed by atoms with E-state index in [0.717, 1.165) is 21.7 Å². The van der Waals surface area contributed by atoms with Gasteiger partial charge in [-0.25, -0.2) is 8.42 Å². The molecule has 0 saturated heterocycles. The zero-order valence-electron chi connectivity index (χ0n) is 16.4. The molecule has 9 heteroatoms. The Morgan fingerprint density at radius 1 is 1.17 bits per heavy atom. The molecule has 0 bridgehead atoms. The van der Waals surface area contributed by atoms with E-state index in [9.17, 15) is 13.2 Å². The number of para-hydroxylation sites is 1. The van der Waals surface area contributed by atoms with E-state index in [4.69, 9.17) is 4.52 Å². The number of sulfonamides is 1. The number of hydrogen-bond donors (Lipinski definition) is 1. The summed E-state index contributed by atoms with van der Waals surface area (Å²) in [4.78, 5) is 16.9. The molecule has 3 rings (SSSR count). The average Bonchev–Trinajstić information content (AvgIpc) is 3.15. The van der Waals surface area contributed by atoms with Gasteiger partial charge in [0.2, 0.25) is 27.6 Å². The number of nitrogens with one attached hydrogen (secondary N) is 1. The van der Waals surface area contributed by atoms with Crippen molar-refractivity contribution >= 4 is 21.6 Å². The first-order chi connectivity index (χ1) is 13.8. The summed E-state index contributed by atoms with van der Waals surface area (Å²) >= 11 is 0. The minimum Gasteiger partial charge on any atom is -0.345 e. The SMILES string of the molecule is Cc1cccc(-c2noc(CNC(=O)C(C)N(c3ccccc3)S(C)(=O)=O)n2)c1. The molecular formula is C20H22N4O4S. The highest BCUT2D eigenvalue weighted by atomic mass is 32.2. The number of benzene rings is 2. The summed E-state index contributed by atoms with van der Waals surface area (Å²) in [5.74, 6) is 0.176. The summed E-state index contributed by atoms with van der Waals surface area (Å²) in [6.45, 7) is 3.48. The van der Waals surface area contributed by atoms with E-state index >= 15 is 0 Å². The van der Waals surface area contributed by atoms with Gasteiger partial charge in [0.05, 0.1) is 18.5 Å². The molecule has 1 amide bonds. The summed E-state index contributed by atoms with van der Waals surface area (Å²) in [5, 5.41) is 6.58. The van der Waals surface area contributed by atoms with E-state index in [0.29, 0.717) is 11.5 Å². The van der Waals surface area contributed by atoms with Crippen molar-refractivity contribution in [2.45, 2.75) is 26.4 Å². The van der Waals surface area contributed by atoms with Gasteiger partial charge in [0.25, 0.3) is 0 Å². The van der Waals surface area contributed by atoms with E-state index in [1.54, 1.807) is 30.3 Å². The highest BCUT2D eigenvalue weighted by Crippen LogP contribution is 2.20. The van der Waals surface area contributed by atoms with Crippen molar-refractivity contribution in [3.8, 4) is 11.4 Å². The highest BCUT2D eigenvalue weighted by Gasteiger charge is 2.29. The number of nitrogens with zero attached hydrogens (tertiary/aromatic N) is 3. The van der Waals surface area contributed by atoms with Crippen LogP contribution in [-0.2, 0) is 21.4 Å². The lowest BCUT2D eigenvalue weighted by atomic mass is 10.1. The first kappa shape index (κ1) is 20.5. The van der Waals surface area contributed by atoms with Crippen molar-refractivity contribution in [1.82, 2.24) is 15.5 Å². The lowest BCUT2D eigenvalue weighted by Gasteiger charge is -2.28. The number of carbonyl (C=O) groups is 1. The molecule has 0 radical (unpaired) electrons. The maximum Gasteiger partial charge on any atom is 0.246 e. The Bertz CT molecular complexity index is 1100. The quantitative estimate of drug-likeness (QED) is 0.637. The molecule has 8 nitrogen and oxygen atoms in total. The van der Waals surface area contributed by atoms with Gasteiger partial charge in [-0.1, -0.05) is 47.1 Å². The van der Waals surface area contributed by atoms with Crippen LogP contribution in [0.2, 0.25) is 0 Å². The lowest BCUT2D eigenvalue weighted by Crippen LogP contribution is -2.47. The monoisotopic (exact) mass is 414 g/mol. The fourth-order valence-electron chi connectivity index (χ4n) is 2.92. The topological polar surface area (TPSA) is 105 Å². The van der Waals surface area contributed by atoms with Crippen LogP contribution in [0.15, 0.2) is 59.1 Å². The number of anilines is 1. The third-order valence-electron chi connectivity index (χ3n) is 4.26. The second-order valence-electron chi connectivity index (χ2n) is 6.67. The standard InChI is InChI=1S/C20H22N4O4S/c1-14-8-7-9-16(12-14)19-22-18(28-23-19)13-21-20(25)15(2)24(29(3,26)27)17-10-5-4-6-11-17/h4-12,15H,13H2,1-3H3,(H,21,25). The van der Waals surface area contributed by atoms with E-state index in [-0.39, 0.29) is 12.4 Å². The maximum atomic E-state index is 12.6. The van der Waals surface area contributed by atoms with Crippen molar-refractivity contribution in [3.63, 3.8) is 0 Å². The third kappa shape index (κ3) is 5.00. The normalized spacial score (nSPS) is 12.4. The van der Waals surface area contributed by atoms with Gasteiger partial charge in [-0.2, -0.15) is 4.98 Å². The predicted octanol–water partition coefficient (Wildman–Crippen LogP) is 2.52. The fraction of sp³-hybridized carbons (Fsp3) is 0.250.